The highest BCUT2D eigenvalue weighted by Crippen LogP contribution is 2.31. The molecule has 0 saturated heterocycles. The Morgan fingerprint density at radius 2 is 2.00 bits per heavy atom. The van der Waals surface area contributed by atoms with Gasteiger partial charge in [-0.3, -0.25) is 9.58 Å². The van der Waals surface area contributed by atoms with Gasteiger partial charge < -0.3 is 5.73 Å². The van der Waals surface area contributed by atoms with Crippen molar-refractivity contribution in [1.82, 2.24) is 14.7 Å². The number of aryl methyl sites for hydroxylation is 1. The minimum Gasteiger partial charge on any atom is -0.326 e. The minimum atomic E-state index is 0.124. The Morgan fingerprint density at radius 3 is 2.37 bits per heavy atom. The van der Waals surface area contributed by atoms with Crippen LogP contribution < -0.4 is 5.73 Å². The van der Waals surface area contributed by atoms with Crippen molar-refractivity contribution in [2.24, 2.45) is 18.2 Å². The number of likely N-dealkylation sites (N-methyl/N-ethyl adjacent to an activating group) is 1. The van der Waals surface area contributed by atoms with Gasteiger partial charge >= 0.3 is 0 Å². The van der Waals surface area contributed by atoms with Crippen LogP contribution in [0.2, 0.25) is 0 Å². The van der Waals surface area contributed by atoms with E-state index in [1.807, 2.05) is 17.9 Å². The lowest BCUT2D eigenvalue weighted by molar-refractivity contribution is 0.0831. The molecular weight excluding hydrogens is 236 g/mol. The summed E-state index contributed by atoms with van der Waals surface area (Å²) in [5.41, 5.74) is 7.79. The summed E-state index contributed by atoms with van der Waals surface area (Å²) in [4.78, 5) is 2.39. The summed E-state index contributed by atoms with van der Waals surface area (Å²) in [6.07, 6.45) is 4.97. The summed E-state index contributed by atoms with van der Waals surface area (Å²) in [6.45, 7) is 11.2. The van der Waals surface area contributed by atoms with Gasteiger partial charge in [-0.1, -0.05) is 27.7 Å². The predicted molar refractivity (Wildman–Crippen MR) is 80.9 cm³/mol. The van der Waals surface area contributed by atoms with Gasteiger partial charge in [-0.2, -0.15) is 5.10 Å². The zero-order valence-electron chi connectivity index (χ0n) is 13.5. The molecule has 0 aromatic carbocycles. The van der Waals surface area contributed by atoms with E-state index in [0.717, 1.165) is 6.42 Å². The van der Waals surface area contributed by atoms with E-state index in [4.69, 9.17) is 5.73 Å². The molecule has 1 heterocycles. The molecule has 1 rings (SSSR count). The van der Waals surface area contributed by atoms with E-state index in [9.17, 15) is 0 Å². The zero-order valence-corrected chi connectivity index (χ0v) is 13.5. The van der Waals surface area contributed by atoms with Gasteiger partial charge in [0.15, 0.2) is 0 Å². The van der Waals surface area contributed by atoms with Crippen LogP contribution in [0, 0.1) is 5.41 Å². The smallest absolute Gasteiger partial charge is 0.0538 e. The third kappa shape index (κ3) is 3.80. The number of aromatic nitrogens is 2. The first kappa shape index (κ1) is 16.2. The van der Waals surface area contributed by atoms with Crippen LogP contribution in [0.5, 0.6) is 0 Å². The normalized spacial score (nSPS) is 17.5. The molecule has 3 unspecified atom stereocenters. The highest BCUT2D eigenvalue weighted by atomic mass is 15.3. The molecule has 0 aliphatic heterocycles. The quantitative estimate of drug-likeness (QED) is 0.891. The molecule has 0 aliphatic rings. The van der Waals surface area contributed by atoms with E-state index in [1.165, 1.54) is 5.56 Å². The highest BCUT2D eigenvalue weighted by Gasteiger charge is 2.32. The van der Waals surface area contributed by atoms with E-state index >= 15 is 0 Å². The van der Waals surface area contributed by atoms with Crippen LogP contribution in [0.4, 0.5) is 0 Å². The molecule has 4 heteroatoms. The molecule has 0 bridgehead atoms. The van der Waals surface area contributed by atoms with E-state index in [2.05, 4.69) is 57.9 Å². The third-order valence-corrected chi connectivity index (χ3v) is 4.25. The first-order chi connectivity index (χ1) is 8.68. The van der Waals surface area contributed by atoms with Gasteiger partial charge in [0.05, 0.1) is 12.2 Å². The first-order valence-corrected chi connectivity index (χ1v) is 7.14. The molecule has 0 saturated carbocycles. The van der Waals surface area contributed by atoms with E-state index in [-0.39, 0.29) is 17.5 Å². The van der Waals surface area contributed by atoms with Crippen LogP contribution in [-0.4, -0.2) is 33.8 Å². The van der Waals surface area contributed by atoms with E-state index < -0.39 is 0 Å². The van der Waals surface area contributed by atoms with Crippen molar-refractivity contribution in [3.05, 3.63) is 18.0 Å². The maximum absolute atomic E-state index is 6.36. The van der Waals surface area contributed by atoms with Crippen LogP contribution >= 0.6 is 0 Å². The topological polar surface area (TPSA) is 47.1 Å². The van der Waals surface area contributed by atoms with Gasteiger partial charge in [0.25, 0.3) is 0 Å². The highest BCUT2D eigenvalue weighted by molar-refractivity contribution is 5.14. The fourth-order valence-electron chi connectivity index (χ4n) is 2.45. The first-order valence-electron chi connectivity index (χ1n) is 7.14. The molecular formula is C15H30N4. The number of nitrogens with two attached hydrogens (primary N) is 1. The van der Waals surface area contributed by atoms with Crippen LogP contribution in [-0.2, 0) is 7.05 Å². The van der Waals surface area contributed by atoms with Gasteiger partial charge in [0.1, 0.15) is 0 Å². The number of hydrogen-bond acceptors (Lipinski definition) is 3. The van der Waals surface area contributed by atoms with Crippen molar-refractivity contribution in [3.8, 4) is 0 Å². The van der Waals surface area contributed by atoms with Crippen molar-refractivity contribution in [3.63, 3.8) is 0 Å². The lowest BCUT2D eigenvalue weighted by Crippen LogP contribution is -2.47. The monoisotopic (exact) mass is 266 g/mol. The third-order valence-electron chi connectivity index (χ3n) is 4.25. The summed E-state index contributed by atoms with van der Waals surface area (Å²) in [5, 5.41) is 4.29. The van der Waals surface area contributed by atoms with E-state index in [1.54, 1.807) is 0 Å². The molecule has 3 atom stereocenters. The van der Waals surface area contributed by atoms with Gasteiger partial charge in [-0.15, -0.1) is 0 Å². The van der Waals surface area contributed by atoms with Gasteiger partial charge in [-0.05, 0) is 25.8 Å². The lowest BCUT2D eigenvalue weighted by atomic mass is 9.85. The zero-order chi connectivity index (χ0) is 14.8. The Kier molecular flexibility index (Phi) is 5.16. The maximum Gasteiger partial charge on any atom is 0.0538 e. The maximum atomic E-state index is 6.36. The molecule has 19 heavy (non-hydrogen) atoms. The largest absolute Gasteiger partial charge is 0.326 e. The summed E-state index contributed by atoms with van der Waals surface area (Å²) >= 11 is 0. The van der Waals surface area contributed by atoms with Gasteiger partial charge in [0.2, 0.25) is 0 Å². The van der Waals surface area contributed by atoms with Crippen LogP contribution in [0.1, 0.15) is 52.6 Å². The fourth-order valence-corrected chi connectivity index (χ4v) is 2.45. The van der Waals surface area contributed by atoms with Crippen molar-refractivity contribution in [2.45, 2.75) is 59.2 Å². The Labute approximate surface area is 118 Å². The fraction of sp³-hybridized carbons (Fsp3) is 0.800. The summed E-state index contributed by atoms with van der Waals surface area (Å²) in [5.74, 6) is 0. The predicted octanol–water partition coefficient (Wildman–Crippen LogP) is 2.56. The number of rotatable bonds is 5. The molecule has 0 spiro atoms. The van der Waals surface area contributed by atoms with Crippen LogP contribution in [0.15, 0.2) is 12.4 Å². The average molecular weight is 266 g/mol. The van der Waals surface area contributed by atoms with Crippen molar-refractivity contribution in [2.75, 3.05) is 7.05 Å². The van der Waals surface area contributed by atoms with Gasteiger partial charge in [0, 0.05) is 30.9 Å². The average Bonchev–Trinajstić information content (AvgIpc) is 2.73. The minimum absolute atomic E-state index is 0.124. The molecule has 2 N–H and O–H groups in total. The number of hydrogen-bond donors (Lipinski definition) is 1. The van der Waals surface area contributed by atoms with Crippen LogP contribution in [0.3, 0.4) is 0 Å². The second-order valence-electron chi connectivity index (χ2n) is 6.67. The Hall–Kier alpha value is -0.870. The van der Waals surface area contributed by atoms with Crippen LogP contribution in [0.25, 0.3) is 0 Å². The second-order valence-corrected chi connectivity index (χ2v) is 6.67. The summed E-state index contributed by atoms with van der Waals surface area (Å²) < 4.78 is 1.85. The SMILES string of the molecule is CCC(N)C(c1cnn(C)c1)N(C)C(C)C(C)(C)C. The molecule has 110 valence electrons. The van der Waals surface area contributed by atoms with E-state index in [0.29, 0.717) is 6.04 Å². The summed E-state index contributed by atoms with van der Waals surface area (Å²) in [7, 11) is 4.12. The van der Waals surface area contributed by atoms with Crippen molar-refractivity contribution >= 4 is 0 Å². The standard InChI is InChI=1S/C15H30N4/c1-8-13(16)14(12-9-17-18(6)10-12)19(7)11(2)15(3,4)5/h9-11,13-14H,8,16H2,1-7H3. The second kappa shape index (κ2) is 6.06. The Balaban J connectivity index is 3.04. The molecule has 0 fully saturated rings. The molecule has 0 aliphatic carbocycles. The van der Waals surface area contributed by atoms with Crippen molar-refractivity contribution in [1.29, 1.82) is 0 Å². The number of nitrogens with zero attached hydrogens (tertiary/aromatic N) is 3. The Morgan fingerprint density at radius 1 is 1.42 bits per heavy atom. The van der Waals surface area contributed by atoms with Gasteiger partial charge in [-0.25, -0.2) is 0 Å². The van der Waals surface area contributed by atoms with Crippen molar-refractivity contribution < 1.29 is 0 Å². The molecule has 4 nitrogen and oxygen atoms in total. The lowest BCUT2D eigenvalue weighted by Gasteiger charge is -2.42. The molecule has 1 aromatic rings. The molecule has 0 amide bonds. The molecule has 1 aromatic heterocycles. The Bertz CT molecular complexity index is 391. The molecule has 0 radical (unpaired) electrons. The summed E-state index contributed by atoms with van der Waals surface area (Å²) in [6, 6.07) is 0.780.